The van der Waals surface area contributed by atoms with Gasteiger partial charge in [-0.1, -0.05) is 6.07 Å². The SMILES string of the molecule is CC(C)Nc1nc(Nc2ccnc(C(F)(F)F)c2)nc(-c2cccc(C3(O)CC3)n2)n1. The van der Waals surface area contributed by atoms with E-state index in [0.717, 1.165) is 12.3 Å². The van der Waals surface area contributed by atoms with Crippen LogP contribution >= 0.6 is 0 Å². The topological polar surface area (TPSA) is 109 Å². The highest BCUT2D eigenvalue weighted by atomic mass is 19.4. The second-order valence-electron chi connectivity index (χ2n) is 7.60. The highest BCUT2D eigenvalue weighted by molar-refractivity contribution is 5.59. The molecule has 0 amide bonds. The van der Waals surface area contributed by atoms with Crippen LogP contribution in [0.25, 0.3) is 11.5 Å². The van der Waals surface area contributed by atoms with Crippen LogP contribution in [0.15, 0.2) is 36.5 Å². The van der Waals surface area contributed by atoms with Crippen molar-refractivity contribution in [1.29, 1.82) is 0 Å². The van der Waals surface area contributed by atoms with Crippen molar-refractivity contribution in [3.8, 4) is 11.5 Å². The minimum absolute atomic E-state index is 0.00678. The van der Waals surface area contributed by atoms with E-state index in [1.54, 1.807) is 18.2 Å². The lowest BCUT2D eigenvalue weighted by atomic mass is 10.2. The van der Waals surface area contributed by atoms with Crippen LogP contribution in [-0.2, 0) is 11.8 Å². The van der Waals surface area contributed by atoms with E-state index in [4.69, 9.17) is 0 Å². The molecule has 162 valence electrons. The minimum Gasteiger partial charge on any atom is -0.384 e. The lowest BCUT2D eigenvalue weighted by molar-refractivity contribution is -0.141. The zero-order valence-corrected chi connectivity index (χ0v) is 16.8. The second-order valence-corrected chi connectivity index (χ2v) is 7.60. The van der Waals surface area contributed by atoms with Gasteiger partial charge in [-0.15, -0.1) is 0 Å². The molecule has 4 rings (SSSR count). The van der Waals surface area contributed by atoms with Crippen LogP contribution in [0.2, 0.25) is 0 Å². The lowest BCUT2D eigenvalue weighted by Gasteiger charge is -2.13. The van der Waals surface area contributed by atoms with Crippen LogP contribution in [0.4, 0.5) is 30.8 Å². The van der Waals surface area contributed by atoms with Crippen molar-refractivity contribution in [2.45, 2.75) is 44.5 Å². The Hall–Kier alpha value is -3.34. The summed E-state index contributed by atoms with van der Waals surface area (Å²) in [4.78, 5) is 20.8. The first-order valence-corrected chi connectivity index (χ1v) is 9.66. The fraction of sp³-hybridized carbons (Fsp3) is 0.350. The third-order valence-electron chi connectivity index (χ3n) is 4.54. The molecule has 0 aromatic carbocycles. The number of aromatic nitrogens is 5. The van der Waals surface area contributed by atoms with E-state index >= 15 is 0 Å². The number of nitrogens with zero attached hydrogens (tertiary/aromatic N) is 5. The van der Waals surface area contributed by atoms with Crippen molar-refractivity contribution in [2.24, 2.45) is 0 Å². The summed E-state index contributed by atoms with van der Waals surface area (Å²) in [5.41, 5.74) is -0.875. The van der Waals surface area contributed by atoms with Gasteiger partial charge in [0.1, 0.15) is 17.0 Å². The Morgan fingerprint density at radius 2 is 1.77 bits per heavy atom. The number of rotatable bonds is 6. The molecule has 3 N–H and O–H groups in total. The van der Waals surface area contributed by atoms with Crippen LogP contribution in [-0.4, -0.2) is 36.1 Å². The first-order valence-electron chi connectivity index (χ1n) is 9.66. The predicted octanol–water partition coefficient (Wildman–Crippen LogP) is 3.89. The van der Waals surface area contributed by atoms with E-state index in [9.17, 15) is 18.3 Å². The molecule has 0 atom stereocenters. The summed E-state index contributed by atoms with van der Waals surface area (Å²) in [7, 11) is 0. The fourth-order valence-corrected chi connectivity index (χ4v) is 2.85. The molecule has 11 heteroatoms. The van der Waals surface area contributed by atoms with E-state index in [-0.39, 0.29) is 29.5 Å². The summed E-state index contributed by atoms with van der Waals surface area (Å²) >= 11 is 0. The first kappa shape index (κ1) is 20.9. The maximum absolute atomic E-state index is 13.0. The molecular weight excluding hydrogens is 411 g/mol. The van der Waals surface area contributed by atoms with Crippen molar-refractivity contribution >= 4 is 17.6 Å². The summed E-state index contributed by atoms with van der Waals surface area (Å²) in [5, 5.41) is 16.2. The number of pyridine rings is 2. The molecule has 0 radical (unpaired) electrons. The Morgan fingerprint density at radius 3 is 2.45 bits per heavy atom. The van der Waals surface area contributed by atoms with Gasteiger partial charge in [-0.2, -0.15) is 28.1 Å². The van der Waals surface area contributed by atoms with Gasteiger partial charge in [0, 0.05) is 17.9 Å². The van der Waals surface area contributed by atoms with Gasteiger partial charge in [0.05, 0.1) is 5.69 Å². The van der Waals surface area contributed by atoms with E-state index in [1.165, 1.54) is 6.07 Å². The number of hydrogen-bond donors (Lipinski definition) is 3. The van der Waals surface area contributed by atoms with Crippen LogP contribution < -0.4 is 10.6 Å². The number of aliphatic hydroxyl groups is 1. The molecule has 0 unspecified atom stereocenters. The first-order chi connectivity index (χ1) is 14.6. The van der Waals surface area contributed by atoms with Crippen LogP contribution in [0, 0.1) is 0 Å². The van der Waals surface area contributed by atoms with Crippen molar-refractivity contribution < 1.29 is 18.3 Å². The van der Waals surface area contributed by atoms with Crippen molar-refractivity contribution in [3.63, 3.8) is 0 Å². The van der Waals surface area contributed by atoms with Crippen molar-refractivity contribution in [2.75, 3.05) is 10.6 Å². The predicted molar refractivity (Wildman–Crippen MR) is 107 cm³/mol. The highest BCUT2D eigenvalue weighted by Crippen LogP contribution is 2.44. The molecule has 1 aliphatic carbocycles. The van der Waals surface area contributed by atoms with Gasteiger partial charge in [-0.25, -0.2) is 4.98 Å². The lowest BCUT2D eigenvalue weighted by Crippen LogP contribution is -2.15. The van der Waals surface area contributed by atoms with Gasteiger partial charge in [0.2, 0.25) is 11.9 Å². The quantitative estimate of drug-likeness (QED) is 0.539. The average molecular weight is 431 g/mol. The van der Waals surface area contributed by atoms with Gasteiger partial charge in [0.15, 0.2) is 5.82 Å². The molecular formula is C20H20F3N7O. The van der Waals surface area contributed by atoms with Crippen molar-refractivity contribution in [1.82, 2.24) is 24.9 Å². The molecule has 3 aromatic heterocycles. The van der Waals surface area contributed by atoms with Gasteiger partial charge in [-0.05, 0) is 51.0 Å². The smallest absolute Gasteiger partial charge is 0.384 e. The van der Waals surface area contributed by atoms with Gasteiger partial charge in [0.25, 0.3) is 0 Å². The second kappa shape index (κ2) is 7.73. The third-order valence-corrected chi connectivity index (χ3v) is 4.54. The summed E-state index contributed by atoms with van der Waals surface area (Å²) in [6.45, 7) is 3.80. The van der Waals surface area contributed by atoms with Gasteiger partial charge in [-0.3, -0.25) is 4.98 Å². The molecule has 1 aliphatic rings. The third kappa shape index (κ3) is 4.88. The van der Waals surface area contributed by atoms with Gasteiger partial charge < -0.3 is 15.7 Å². The molecule has 1 saturated carbocycles. The largest absolute Gasteiger partial charge is 0.433 e. The Morgan fingerprint density at radius 1 is 1.03 bits per heavy atom. The monoisotopic (exact) mass is 431 g/mol. The van der Waals surface area contributed by atoms with Crippen molar-refractivity contribution in [3.05, 3.63) is 47.9 Å². The number of anilines is 3. The maximum atomic E-state index is 13.0. The summed E-state index contributed by atoms with van der Waals surface area (Å²) in [6.07, 6.45) is -2.24. The molecule has 0 bridgehead atoms. The summed E-state index contributed by atoms with van der Waals surface area (Å²) in [5.74, 6) is 0.506. The number of hydrogen-bond acceptors (Lipinski definition) is 8. The molecule has 0 spiro atoms. The van der Waals surface area contributed by atoms with Crippen LogP contribution in [0.3, 0.4) is 0 Å². The Bertz CT molecular complexity index is 1100. The van der Waals surface area contributed by atoms with Crippen LogP contribution in [0.1, 0.15) is 38.1 Å². The van der Waals surface area contributed by atoms with E-state index in [2.05, 4.69) is 35.6 Å². The van der Waals surface area contributed by atoms with Gasteiger partial charge >= 0.3 is 6.18 Å². The van der Waals surface area contributed by atoms with Crippen LogP contribution in [0.5, 0.6) is 0 Å². The zero-order chi connectivity index (χ0) is 22.2. The fourth-order valence-electron chi connectivity index (χ4n) is 2.85. The Balaban J connectivity index is 1.70. The molecule has 0 aliphatic heterocycles. The molecule has 8 nitrogen and oxygen atoms in total. The Labute approximate surface area is 176 Å². The van der Waals surface area contributed by atoms with E-state index < -0.39 is 17.5 Å². The summed E-state index contributed by atoms with van der Waals surface area (Å²) < 4.78 is 38.9. The standard InChI is InChI=1S/C20H20F3N7O/c1-11(2)25-17-28-16(13-4-3-5-14(27-13)19(31)7-8-19)29-18(30-17)26-12-6-9-24-15(10-12)20(21,22)23/h3-6,9-11,31H,7-8H2,1-2H3,(H2,24,25,26,28,29,30). The zero-order valence-electron chi connectivity index (χ0n) is 16.8. The average Bonchev–Trinajstić information content (AvgIpc) is 3.46. The molecule has 31 heavy (non-hydrogen) atoms. The molecule has 1 fully saturated rings. The number of nitrogens with one attached hydrogen (secondary N) is 2. The van der Waals surface area contributed by atoms with E-state index in [1.807, 2.05) is 13.8 Å². The van der Waals surface area contributed by atoms with E-state index in [0.29, 0.717) is 24.2 Å². The number of alkyl halides is 3. The normalized spacial score (nSPS) is 15.1. The molecule has 3 aromatic rings. The number of halogens is 3. The molecule has 3 heterocycles. The Kier molecular flexibility index (Phi) is 5.21. The maximum Gasteiger partial charge on any atom is 0.433 e. The molecule has 0 saturated heterocycles. The summed E-state index contributed by atoms with van der Waals surface area (Å²) in [6, 6.07) is 7.45. The minimum atomic E-state index is -4.57. The highest BCUT2D eigenvalue weighted by Gasteiger charge is 2.43.